The van der Waals surface area contributed by atoms with Gasteiger partial charge in [-0.05, 0) is 41.8 Å². The molecule has 1 amide bonds. The summed E-state index contributed by atoms with van der Waals surface area (Å²) in [5, 5.41) is 2.60. The number of benzene rings is 1. The standard InChI is InChI=1S/C20H16F3N3O/c21-20(22,23)17-8-4-7-16(25-17)13-19(27)26-18-12-15(9-10-24-18)11-14-5-2-1-3-6-14/h1-10,12H,11,13H2,(H,24,26,27). The lowest BCUT2D eigenvalue weighted by Crippen LogP contribution is -2.17. The first-order valence-corrected chi connectivity index (χ1v) is 8.22. The number of carbonyl (C=O) groups is 1. The number of carbonyl (C=O) groups excluding carboxylic acids is 1. The third-order valence-electron chi connectivity index (χ3n) is 3.78. The average Bonchev–Trinajstić information content (AvgIpc) is 2.62. The van der Waals surface area contributed by atoms with E-state index in [1.54, 1.807) is 12.3 Å². The average molecular weight is 371 g/mol. The fourth-order valence-corrected chi connectivity index (χ4v) is 2.57. The molecule has 138 valence electrons. The minimum atomic E-state index is -4.54. The summed E-state index contributed by atoms with van der Waals surface area (Å²) in [6.45, 7) is 0. The van der Waals surface area contributed by atoms with Crippen LogP contribution in [0, 0.1) is 0 Å². The Balaban J connectivity index is 1.65. The van der Waals surface area contributed by atoms with E-state index in [0.29, 0.717) is 12.2 Å². The number of rotatable bonds is 5. The minimum absolute atomic E-state index is 0.0442. The fraction of sp³-hybridized carbons (Fsp3) is 0.150. The summed E-state index contributed by atoms with van der Waals surface area (Å²) < 4.78 is 38.1. The Morgan fingerprint density at radius 2 is 1.74 bits per heavy atom. The van der Waals surface area contributed by atoms with E-state index in [0.717, 1.165) is 17.2 Å². The van der Waals surface area contributed by atoms with Gasteiger partial charge in [0.15, 0.2) is 0 Å². The summed E-state index contributed by atoms with van der Waals surface area (Å²) >= 11 is 0. The summed E-state index contributed by atoms with van der Waals surface area (Å²) in [5.74, 6) is -0.133. The molecule has 0 unspecified atom stereocenters. The first kappa shape index (κ1) is 18.6. The van der Waals surface area contributed by atoms with E-state index < -0.39 is 17.8 Å². The van der Waals surface area contributed by atoms with Gasteiger partial charge in [0, 0.05) is 6.20 Å². The number of alkyl halides is 3. The Morgan fingerprint density at radius 1 is 0.963 bits per heavy atom. The minimum Gasteiger partial charge on any atom is -0.310 e. The summed E-state index contributed by atoms with van der Waals surface area (Å²) in [6.07, 6.45) is -2.55. The molecule has 0 spiro atoms. The maximum Gasteiger partial charge on any atom is 0.433 e. The molecule has 0 radical (unpaired) electrons. The molecule has 3 aromatic rings. The summed E-state index contributed by atoms with van der Waals surface area (Å²) in [5.41, 5.74) is 1.11. The smallest absolute Gasteiger partial charge is 0.310 e. The van der Waals surface area contributed by atoms with Crippen LogP contribution in [0.1, 0.15) is 22.5 Å². The topological polar surface area (TPSA) is 54.9 Å². The summed E-state index contributed by atoms with van der Waals surface area (Å²) in [7, 11) is 0. The molecule has 4 nitrogen and oxygen atoms in total. The van der Waals surface area contributed by atoms with Gasteiger partial charge in [-0.15, -0.1) is 0 Å². The molecule has 3 rings (SSSR count). The zero-order valence-corrected chi connectivity index (χ0v) is 14.2. The highest BCUT2D eigenvalue weighted by Crippen LogP contribution is 2.27. The summed E-state index contributed by atoms with van der Waals surface area (Å²) in [4.78, 5) is 19.7. The van der Waals surface area contributed by atoms with Gasteiger partial charge in [-0.1, -0.05) is 36.4 Å². The fourth-order valence-electron chi connectivity index (χ4n) is 2.57. The lowest BCUT2D eigenvalue weighted by atomic mass is 10.1. The van der Waals surface area contributed by atoms with Crippen LogP contribution in [0.3, 0.4) is 0 Å². The third-order valence-corrected chi connectivity index (χ3v) is 3.78. The Labute approximate surface area is 154 Å². The molecule has 0 aliphatic rings. The van der Waals surface area contributed by atoms with Crippen molar-refractivity contribution in [2.45, 2.75) is 19.0 Å². The van der Waals surface area contributed by atoms with E-state index in [4.69, 9.17) is 0 Å². The largest absolute Gasteiger partial charge is 0.433 e. The number of anilines is 1. The predicted octanol–water partition coefficient (Wildman–Crippen LogP) is 4.27. The van der Waals surface area contributed by atoms with Crippen LogP contribution in [0.15, 0.2) is 66.9 Å². The number of aromatic nitrogens is 2. The van der Waals surface area contributed by atoms with Crippen LogP contribution >= 0.6 is 0 Å². The Bertz CT molecular complexity index is 927. The molecule has 1 aromatic carbocycles. The monoisotopic (exact) mass is 371 g/mol. The Morgan fingerprint density at radius 3 is 2.48 bits per heavy atom. The molecular formula is C20H16F3N3O. The molecule has 0 bridgehead atoms. The molecule has 27 heavy (non-hydrogen) atoms. The molecule has 7 heteroatoms. The number of nitrogens with zero attached hydrogens (tertiary/aromatic N) is 2. The highest BCUT2D eigenvalue weighted by Gasteiger charge is 2.32. The van der Waals surface area contributed by atoms with Gasteiger partial charge in [-0.3, -0.25) is 4.79 Å². The van der Waals surface area contributed by atoms with E-state index in [-0.39, 0.29) is 12.1 Å². The predicted molar refractivity (Wildman–Crippen MR) is 95.1 cm³/mol. The van der Waals surface area contributed by atoms with Crippen LogP contribution in [0.25, 0.3) is 0 Å². The third kappa shape index (κ3) is 5.37. The second kappa shape index (κ2) is 7.99. The molecule has 0 fully saturated rings. The number of hydrogen-bond acceptors (Lipinski definition) is 3. The van der Waals surface area contributed by atoms with E-state index in [2.05, 4.69) is 15.3 Å². The van der Waals surface area contributed by atoms with Crippen molar-refractivity contribution in [3.8, 4) is 0 Å². The first-order chi connectivity index (χ1) is 12.9. The van der Waals surface area contributed by atoms with Crippen molar-refractivity contribution < 1.29 is 18.0 Å². The molecule has 2 aromatic heterocycles. The van der Waals surface area contributed by atoms with Crippen molar-refractivity contribution in [3.63, 3.8) is 0 Å². The van der Waals surface area contributed by atoms with Gasteiger partial charge in [0.2, 0.25) is 5.91 Å². The molecule has 0 saturated carbocycles. The van der Waals surface area contributed by atoms with Gasteiger partial charge in [-0.2, -0.15) is 13.2 Å². The lowest BCUT2D eigenvalue weighted by Gasteiger charge is -2.09. The molecular weight excluding hydrogens is 355 g/mol. The lowest BCUT2D eigenvalue weighted by molar-refractivity contribution is -0.141. The van der Waals surface area contributed by atoms with Crippen molar-refractivity contribution >= 4 is 11.7 Å². The SMILES string of the molecule is O=C(Cc1cccc(C(F)(F)F)n1)Nc1cc(Cc2ccccc2)ccn1. The van der Waals surface area contributed by atoms with Gasteiger partial charge in [-0.25, -0.2) is 9.97 Å². The molecule has 0 aliphatic heterocycles. The van der Waals surface area contributed by atoms with E-state index in [9.17, 15) is 18.0 Å². The highest BCUT2D eigenvalue weighted by molar-refractivity contribution is 5.91. The summed E-state index contributed by atoms with van der Waals surface area (Å²) in [6, 6.07) is 16.9. The molecule has 0 saturated heterocycles. The normalized spacial score (nSPS) is 11.2. The highest BCUT2D eigenvalue weighted by atomic mass is 19.4. The second-order valence-corrected chi connectivity index (χ2v) is 5.95. The van der Waals surface area contributed by atoms with Gasteiger partial charge >= 0.3 is 6.18 Å². The maximum absolute atomic E-state index is 12.7. The van der Waals surface area contributed by atoms with Crippen LogP contribution in [0.2, 0.25) is 0 Å². The van der Waals surface area contributed by atoms with E-state index >= 15 is 0 Å². The van der Waals surface area contributed by atoms with E-state index in [1.165, 1.54) is 12.1 Å². The zero-order chi connectivity index (χ0) is 19.3. The molecule has 1 N–H and O–H groups in total. The van der Waals surface area contributed by atoms with Gasteiger partial charge < -0.3 is 5.32 Å². The Hall–Kier alpha value is -3.22. The van der Waals surface area contributed by atoms with Crippen LogP contribution in [-0.4, -0.2) is 15.9 Å². The maximum atomic E-state index is 12.7. The van der Waals surface area contributed by atoms with Gasteiger partial charge in [0.25, 0.3) is 0 Å². The van der Waals surface area contributed by atoms with E-state index in [1.807, 2.05) is 36.4 Å². The van der Waals surface area contributed by atoms with Crippen LogP contribution < -0.4 is 5.32 Å². The van der Waals surface area contributed by atoms with Crippen molar-refractivity contribution in [1.82, 2.24) is 9.97 Å². The van der Waals surface area contributed by atoms with Crippen LogP contribution in [0.4, 0.5) is 19.0 Å². The van der Waals surface area contributed by atoms with Crippen molar-refractivity contribution in [2.75, 3.05) is 5.32 Å². The quantitative estimate of drug-likeness (QED) is 0.729. The number of amides is 1. The number of halogens is 3. The molecule has 0 aliphatic carbocycles. The van der Waals surface area contributed by atoms with Crippen LogP contribution in [-0.2, 0) is 23.8 Å². The van der Waals surface area contributed by atoms with Gasteiger partial charge in [0.1, 0.15) is 11.5 Å². The zero-order valence-electron chi connectivity index (χ0n) is 14.2. The second-order valence-electron chi connectivity index (χ2n) is 5.95. The number of nitrogens with one attached hydrogen (secondary N) is 1. The van der Waals surface area contributed by atoms with Crippen molar-refractivity contribution in [2.24, 2.45) is 0 Å². The molecule has 2 heterocycles. The van der Waals surface area contributed by atoms with Crippen LogP contribution in [0.5, 0.6) is 0 Å². The van der Waals surface area contributed by atoms with Crippen molar-refractivity contribution in [3.05, 3.63) is 89.4 Å². The Kier molecular flexibility index (Phi) is 5.49. The number of pyridine rings is 2. The number of hydrogen-bond donors (Lipinski definition) is 1. The molecule has 0 atom stereocenters. The van der Waals surface area contributed by atoms with Gasteiger partial charge in [0.05, 0.1) is 12.1 Å². The van der Waals surface area contributed by atoms with Crippen molar-refractivity contribution in [1.29, 1.82) is 0 Å². The first-order valence-electron chi connectivity index (χ1n) is 8.22.